The molecule has 1 amide bonds. The summed E-state index contributed by atoms with van der Waals surface area (Å²) in [6.45, 7) is 3.45. The third-order valence-corrected chi connectivity index (χ3v) is 5.67. The van der Waals surface area contributed by atoms with Crippen molar-refractivity contribution >= 4 is 34.3 Å². The van der Waals surface area contributed by atoms with Gasteiger partial charge >= 0.3 is 0 Å². The minimum atomic E-state index is -0.0242. The van der Waals surface area contributed by atoms with E-state index in [-0.39, 0.29) is 17.5 Å². The number of amides is 1. The Kier molecular flexibility index (Phi) is 5.05. The first-order chi connectivity index (χ1) is 13.9. The van der Waals surface area contributed by atoms with Crippen molar-refractivity contribution in [2.75, 3.05) is 17.3 Å². The van der Waals surface area contributed by atoms with E-state index in [0.29, 0.717) is 11.6 Å². The number of nitrogens with zero attached hydrogens (tertiary/aromatic N) is 4. The normalized spacial score (nSPS) is 14.3. The monoisotopic (exact) mass is 391 g/mol. The van der Waals surface area contributed by atoms with E-state index in [1.54, 1.807) is 24.2 Å². The van der Waals surface area contributed by atoms with Crippen molar-refractivity contribution in [1.29, 1.82) is 0 Å². The third kappa shape index (κ3) is 3.72. The van der Waals surface area contributed by atoms with Gasteiger partial charge in [-0.05, 0) is 49.6 Å². The zero-order valence-electron chi connectivity index (χ0n) is 17.0. The highest BCUT2D eigenvalue weighted by Gasteiger charge is 2.21. The second kappa shape index (κ2) is 7.66. The maximum absolute atomic E-state index is 12.7. The van der Waals surface area contributed by atoms with E-state index in [2.05, 4.69) is 10.3 Å². The van der Waals surface area contributed by atoms with Crippen LogP contribution in [-0.4, -0.2) is 27.5 Å². The topological polar surface area (TPSA) is 80.1 Å². The summed E-state index contributed by atoms with van der Waals surface area (Å²) in [7, 11) is 1.74. The first kappa shape index (κ1) is 19.1. The van der Waals surface area contributed by atoms with E-state index >= 15 is 0 Å². The smallest absolute Gasteiger partial charge is 0.252 e. The van der Waals surface area contributed by atoms with Gasteiger partial charge in [0.05, 0.1) is 0 Å². The lowest BCUT2D eigenvalue weighted by Crippen LogP contribution is -2.24. The van der Waals surface area contributed by atoms with Crippen LogP contribution in [0.1, 0.15) is 44.2 Å². The summed E-state index contributed by atoms with van der Waals surface area (Å²) in [6.07, 6.45) is 6.09. The molecule has 1 N–H and O–H groups in total. The highest BCUT2D eigenvalue weighted by Crippen LogP contribution is 2.31. The molecular weight excluding hydrogens is 366 g/mol. The minimum absolute atomic E-state index is 0.00294. The van der Waals surface area contributed by atoms with Crippen molar-refractivity contribution in [2.45, 2.75) is 45.6 Å². The van der Waals surface area contributed by atoms with Crippen LogP contribution in [0.25, 0.3) is 11.0 Å². The zero-order chi connectivity index (χ0) is 20.5. The van der Waals surface area contributed by atoms with Gasteiger partial charge in [-0.3, -0.25) is 14.2 Å². The predicted octanol–water partition coefficient (Wildman–Crippen LogP) is 3.94. The summed E-state index contributed by atoms with van der Waals surface area (Å²) in [5.41, 5.74) is 3.21. The number of pyridine rings is 1. The van der Waals surface area contributed by atoms with Crippen LogP contribution < -0.4 is 15.8 Å². The van der Waals surface area contributed by atoms with Crippen LogP contribution in [0.4, 0.5) is 17.3 Å². The van der Waals surface area contributed by atoms with Crippen molar-refractivity contribution in [2.24, 2.45) is 0 Å². The second-order valence-electron chi connectivity index (χ2n) is 7.65. The molecule has 1 aliphatic carbocycles. The fourth-order valence-corrected chi connectivity index (χ4v) is 3.93. The van der Waals surface area contributed by atoms with Gasteiger partial charge in [-0.1, -0.05) is 12.8 Å². The number of rotatable bonds is 4. The van der Waals surface area contributed by atoms with Gasteiger partial charge in [-0.15, -0.1) is 0 Å². The van der Waals surface area contributed by atoms with E-state index in [0.717, 1.165) is 48.0 Å². The van der Waals surface area contributed by atoms with Crippen molar-refractivity contribution in [3.8, 4) is 0 Å². The van der Waals surface area contributed by atoms with Crippen LogP contribution in [-0.2, 0) is 4.79 Å². The Hall–Kier alpha value is -3.22. The van der Waals surface area contributed by atoms with Crippen LogP contribution in [0, 0.1) is 6.92 Å². The average Bonchev–Trinajstić information content (AvgIpc) is 3.22. The fourth-order valence-electron chi connectivity index (χ4n) is 3.93. The molecule has 150 valence electrons. The molecule has 0 unspecified atom stereocenters. The summed E-state index contributed by atoms with van der Waals surface area (Å²) >= 11 is 0. The molecule has 0 spiro atoms. The zero-order valence-corrected chi connectivity index (χ0v) is 17.0. The molecule has 0 saturated heterocycles. The number of hydrogen-bond acceptors (Lipinski definition) is 5. The second-order valence-corrected chi connectivity index (χ2v) is 7.65. The number of carbonyl (C=O) groups is 1. The first-order valence-electron chi connectivity index (χ1n) is 9.94. The number of hydrogen-bond donors (Lipinski definition) is 1. The third-order valence-electron chi connectivity index (χ3n) is 5.67. The number of aryl methyl sites for hydroxylation is 1. The van der Waals surface area contributed by atoms with Crippen LogP contribution >= 0.6 is 0 Å². The highest BCUT2D eigenvalue weighted by molar-refractivity contribution is 5.91. The lowest BCUT2D eigenvalue weighted by Gasteiger charge is -2.18. The molecule has 7 nitrogen and oxygen atoms in total. The number of fused-ring (bicyclic) bond motifs is 1. The summed E-state index contributed by atoms with van der Waals surface area (Å²) in [6, 6.07) is 9.37. The van der Waals surface area contributed by atoms with Crippen molar-refractivity contribution in [3.63, 3.8) is 0 Å². The number of nitrogens with one attached hydrogen (secondary N) is 1. The summed E-state index contributed by atoms with van der Waals surface area (Å²) in [4.78, 5) is 34.9. The average molecular weight is 391 g/mol. The van der Waals surface area contributed by atoms with Gasteiger partial charge in [0.15, 0.2) is 0 Å². The molecule has 0 radical (unpaired) electrons. The Morgan fingerprint density at radius 2 is 1.90 bits per heavy atom. The largest absolute Gasteiger partial charge is 0.324 e. The van der Waals surface area contributed by atoms with Crippen molar-refractivity contribution in [1.82, 2.24) is 14.5 Å². The molecule has 1 aromatic carbocycles. The molecule has 7 heteroatoms. The maximum atomic E-state index is 12.7. The molecule has 2 heterocycles. The first-order valence-corrected chi connectivity index (χ1v) is 9.94. The fraction of sp³-hybridized carbons (Fsp3) is 0.364. The van der Waals surface area contributed by atoms with E-state index in [4.69, 9.17) is 4.98 Å². The van der Waals surface area contributed by atoms with Crippen LogP contribution in [0.3, 0.4) is 0 Å². The standard InChI is InChI=1S/C22H25N5O2/c1-14-12-20(29)27(18-6-4-5-7-18)21-19(14)13-23-22(25-21)24-16-8-10-17(11-9-16)26(3)15(2)28/h8-13,18H,4-7H2,1-3H3,(H,23,24,25). The predicted molar refractivity (Wildman–Crippen MR) is 115 cm³/mol. The summed E-state index contributed by atoms with van der Waals surface area (Å²) in [5.74, 6) is 0.422. The summed E-state index contributed by atoms with van der Waals surface area (Å²) < 4.78 is 1.84. The Morgan fingerprint density at radius 1 is 1.21 bits per heavy atom. The Balaban J connectivity index is 1.69. The van der Waals surface area contributed by atoms with Crippen LogP contribution in [0.5, 0.6) is 0 Å². The molecule has 1 fully saturated rings. The van der Waals surface area contributed by atoms with Gasteiger partial charge in [-0.2, -0.15) is 4.98 Å². The van der Waals surface area contributed by atoms with Crippen LogP contribution in [0.15, 0.2) is 41.3 Å². The van der Waals surface area contributed by atoms with Gasteiger partial charge in [0.2, 0.25) is 11.9 Å². The van der Waals surface area contributed by atoms with E-state index in [1.165, 1.54) is 6.92 Å². The maximum Gasteiger partial charge on any atom is 0.252 e. The van der Waals surface area contributed by atoms with Crippen molar-refractivity contribution < 1.29 is 4.79 Å². The molecule has 1 aliphatic rings. The van der Waals surface area contributed by atoms with Gasteiger partial charge in [-0.25, -0.2) is 4.98 Å². The Labute approximate surface area is 169 Å². The number of carbonyl (C=O) groups excluding carboxylic acids is 1. The van der Waals surface area contributed by atoms with E-state index < -0.39 is 0 Å². The molecule has 2 aromatic heterocycles. The number of aromatic nitrogens is 3. The molecule has 0 atom stereocenters. The van der Waals surface area contributed by atoms with Crippen molar-refractivity contribution in [3.05, 3.63) is 52.4 Å². The van der Waals surface area contributed by atoms with Gasteiger partial charge in [0.1, 0.15) is 5.65 Å². The Morgan fingerprint density at radius 3 is 2.55 bits per heavy atom. The molecule has 0 bridgehead atoms. The SMILES string of the molecule is CC(=O)N(C)c1ccc(Nc2ncc3c(C)cc(=O)n(C4CCCC4)c3n2)cc1. The molecule has 3 aromatic rings. The van der Waals surface area contributed by atoms with E-state index in [9.17, 15) is 9.59 Å². The molecule has 0 aliphatic heterocycles. The lowest BCUT2D eigenvalue weighted by atomic mass is 10.1. The lowest BCUT2D eigenvalue weighted by molar-refractivity contribution is -0.116. The Bertz CT molecular complexity index is 1110. The van der Waals surface area contributed by atoms with Crippen LogP contribution in [0.2, 0.25) is 0 Å². The van der Waals surface area contributed by atoms with E-state index in [1.807, 2.05) is 35.8 Å². The molecular formula is C22H25N5O2. The highest BCUT2D eigenvalue weighted by atomic mass is 16.2. The van der Waals surface area contributed by atoms with Gasteiger partial charge in [0.25, 0.3) is 5.56 Å². The summed E-state index contributed by atoms with van der Waals surface area (Å²) in [5, 5.41) is 4.11. The quantitative estimate of drug-likeness (QED) is 0.729. The number of anilines is 3. The molecule has 29 heavy (non-hydrogen) atoms. The molecule has 1 saturated carbocycles. The van der Waals surface area contributed by atoms with Gasteiger partial charge < -0.3 is 10.2 Å². The number of benzene rings is 1. The minimum Gasteiger partial charge on any atom is -0.324 e. The molecule has 4 rings (SSSR count). The van der Waals surface area contributed by atoms with Gasteiger partial charge in [0, 0.05) is 49.0 Å².